The van der Waals surface area contributed by atoms with Gasteiger partial charge in [-0.05, 0) is 55.0 Å². The second-order valence-electron chi connectivity index (χ2n) is 7.18. The van der Waals surface area contributed by atoms with E-state index in [2.05, 4.69) is 5.32 Å². The highest BCUT2D eigenvalue weighted by atomic mass is 35.5. The summed E-state index contributed by atoms with van der Waals surface area (Å²) in [5.74, 6) is -0.899. The molecule has 0 atom stereocenters. The molecule has 0 aliphatic heterocycles. The van der Waals surface area contributed by atoms with E-state index >= 15 is 0 Å². The number of nitrogens with one attached hydrogen (secondary N) is 1. The maximum absolute atomic E-state index is 12.7. The molecule has 0 aliphatic carbocycles. The van der Waals surface area contributed by atoms with Gasteiger partial charge in [0.2, 0.25) is 0 Å². The molecular weight excluding hydrogens is 545 g/mol. The van der Waals surface area contributed by atoms with Crippen LogP contribution in [-0.2, 0) is 14.9 Å². The van der Waals surface area contributed by atoms with Gasteiger partial charge in [0.25, 0.3) is 11.6 Å². The molecule has 0 fully saturated rings. The van der Waals surface area contributed by atoms with E-state index in [4.69, 9.17) is 32.1 Å². The molecule has 0 bridgehead atoms. The van der Waals surface area contributed by atoms with Gasteiger partial charge in [0.1, 0.15) is 16.5 Å². The van der Waals surface area contributed by atoms with Gasteiger partial charge >= 0.3 is 10.1 Å². The van der Waals surface area contributed by atoms with Crippen LogP contribution in [0, 0.1) is 21.4 Å². The summed E-state index contributed by atoms with van der Waals surface area (Å²) in [6.07, 6.45) is 1.27. The van der Waals surface area contributed by atoms with E-state index in [0.29, 0.717) is 16.3 Å². The molecule has 1 N–H and O–H groups in total. The van der Waals surface area contributed by atoms with Crippen LogP contribution in [0.2, 0.25) is 10.0 Å². The van der Waals surface area contributed by atoms with Crippen LogP contribution in [0.1, 0.15) is 12.5 Å². The van der Waals surface area contributed by atoms with Gasteiger partial charge in [-0.3, -0.25) is 14.9 Å². The molecule has 0 aromatic heterocycles. The van der Waals surface area contributed by atoms with E-state index in [-0.39, 0.29) is 28.7 Å². The highest BCUT2D eigenvalue weighted by Gasteiger charge is 2.22. The Morgan fingerprint density at radius 2 is 1.86 bits per heavy atom. The molecule has 0 unspecified atom stereocenters. The average molecular weight is 562 g/mol. The van der Waals surface area contributed by atoms with Gasteiger partial charge in [-0.25, -0.2) is 0 Å². The van der Waals surface area contributed by atoms with E-state index in [1.807, 2.05) is 0 Å². The van der Waals surface area contributed by atoms with Crippen LogP contribution in [0.5, 0.6) is 11.5 Å². The highest BCUT2D eigenvalue weighted by molar-refractivity contribution is 7.87. The zero-order chi connectivity index (χ0) is 27.2. The summed E-state index contributed by atoms with van der Waals surface area (Å²) in [4.78, 5) is 22.4. The normalized spacial score (nSPS) is 11.4. The molecule has 0 aliphatic rings. The fraction of sp³-hybridized carbons (Fsp3) is 0.0833. The van der Waals surface area contributed by atoms with E-state index in [9.17, 15) is 28.6 Å². The maximum atomic E-state index is 12.7. The quantitative estimate of drug-likeness (QED) is 0.116. The first-order valence-corrected chi connectivity index (χ1v) is 12.5. The van der Waals surface area contributed by atoms with E-state index in [1.165, 1.54) is 48.5 Å². The summed E-state index contributed by atoms with van der Waals surface area (Å²) >= 11 is 11.8. The molecule has 3 rings (SSSR count). The van der Waals surface area contributed by atoms with Gasteiger partial charge in [-0.1, -0.05) is 35.3 Å². The first-order chi connectivity index (χ1) is 17.5. The van der Waals surface area contributed by atoms with Crippen molar-refractivity contribution in [2.75, 3.05) is 11.9 Å². The molecule has 10 nitrogen and oxygen atoms in total. The minimum absolute atomic E-state index is 0.00689. The predicted molar refractivity (Wildman–Crippen MR) is 137 cm³/mol. The number of non-ortho nitro benzene ring substituents is 1. The Kier molecular flexibility index (Phi) is 8.73. The number of ether oxygens (including phenoxy) is 1. The standard InChI is InChI=1S/C24H17Cl2N3O7S/c1-2-35-23-11-15(10-16(14-27)24(30)28-17-7-8-20(25)21(26)12-17)6-9-22(23)36-37(33,34)19-5-3-4-18(13-19)29(31)32/h3-13H,2H2,1H3,(H,28,30)/b16-10-. The van der Waals surface area contributed by atoms with Crippen LogP contribution in [0.3, 0.4) is 0 Å². The number of halogens is 2. The number of nitro benzene ring substituents is 1. The summed E-state index contributed by atoms with van der Waals surface area (Å²) in [5.41, 5.74) is -0.0141. The van der Waals surface area contributed by atoms with Crippen molar-refractivity contribution in [2.45, 2.75) is 11.8 Å². The van der Waals surface area contributed by atoms with Gasteiger partial charge in [0.05, 0.1) is 21.6 Å². The first-order valence-electron chi connectivity index (χ1n) is 10.4. The number of hydrogen-bond acceptors (Lipinski definition) is 8. The number of nitro groups is 1. The average Bonchev–Trinajstić information content (AvgIpc) is 2.86. The molecular formula is C24H17Cl2N3O7S. The Morgan fingerprint density at radius 3 is 2.51 bits per heavy atom. The fourth-order valence-electron chi connectivity index (χ4n) is 2.96. The van der Waals surface area contributed by atoms with Crippen molar-refractivity contribution in [1.29, 1.82) is 5.26 Å². The molecule has 3 aromatic rings. The number of nitriles is 1. The molecule has 0 spiro atoms. The van der Waals surface area contributed by atoms with Crippen molar-refractivity contribution < 1.29 is 27.1 Å². The van der Waals surface area contributed by atoms with Gasteiger partial charge in [0.15, 0.2) is 11.5 Å². The highest BCUT2D eigenvalue weighted by Crippen LogP contribution is 2.32. The van der Waals surface area contributed by atoms with Gasteiger partial charge in [0, 0.05) is 17.8 Å². The molecule has 37 heavy (non-hydrogen) atoms. The maximum Gasteiger partial charge on any atom is 0.339 e. The van der Waals surface area contributed by atoms with Crippen molar-refractivity contribution in [3.63, 3.8) is 0 Å². The molecule has 0 saturated carbocycles. The van der Waals surface area contributed by atoms with E-state index < -0.39 is 31.5 Å². The Morgan fingerprint density at radius 1 is 1.11 bits per heavy atom. The van der Waals surface area contributed by atoms with Crippen LogP contribution in [0.25, 0.3) is 6.08 Å². The Labute approximate surface area is 221 Å². The second kappa shape index (κ2) is 11.7. The molecule has 3 aromatic carbocycles. The van der Waals surface area contributed by atoms with Crippen molar-refractivity contribution >= 4 is 56.7 Å². The minimum atomic E-state index is -4.44. The van der Waals surface area contributed by atoms with Crippen molar-refractivity contribution in [1.82, 2.24) is 0 Å². The third-order valence-corrected chi connectivity index (χ3v) is 6.61. The molecule has 0 heterocycles. The number of carbonyl (C=O) groups is 1. The number of benzene rings is 3. The third-order valence-electron chi connectivity index (χ3n) is 4.64. The summed E-state index contributed by atoms with van der Waals surface area (Å²) in [6, 6.07) is 14.7. The zero-order valence-electron chi connectivity index (χ0n) is 19.0. The Balaban J connectivity index is 1.89. The lowest BCUT2D eigenvalue weighted by molar-refractivity contribution is -0.385. The number of nitrogens with zero attached hydrogens (tertiary/aromatic N) is 2. The minimum Gasteiger partial charge on any atom is -0.490 e. The zero-order valence-corrected chi connectivity index (χ0v) is 21.3. The van der Waals surface area contributed by atoms with Crippen LogP contribution < -0.4 is 14.2 Å². The summed E-state index contributed by atoms with van der Waals surface area (Å²) in [7, 11) is -4.44. The summed E-state index contributed by atoms with van der Waals surface area (Å²) < 4.78 is 36.1. The number of amides is 1. The summed E-state index contributed by atoms with van der Waals surface area (Å²) in [5, 5.41) is 23.5. The lowest BCUT2D eigenvalue weighted by atomic mass is 10.1. The molecule has 0 radical (unpaired) electrons. The lowest BCUT2D eigenvalue weighted by Gasteiger charge is -2.13. The van der Waals surface area contributed by atoms with Crippen molar-refractivity contribution in [3.05, 3.63) is 92.0 Å². The van der Waals surface area contributed by atoms with Crippen LogP contribution in [0.15, 0.2) is 71.1 Å². The first kappa shape index (κ1) is 27.5. The SMILES string of the molecule is CCOc1cc(/C=C(/C#N)C(=O)Nc2ccc(Cl)c(Cl)c2)ccc1OS(=O)(=O)c1cccc([N+](=O)[O-])c1. The van der Waals surface area contributed by atoms with Crippen LogP contribution >= 0.6 is 23.2 Å². The van der Waals surface area contributed by atoms with Crippen LogP contribution in [0.4, 0.5) is 11.4 Å². The smallest absolute Gasteiger partial charge is 0.339 e. The van der Waals surface area contributed by atoms with E-state index in [1.54, 1.807) is 13.0 Å². The van der Waals surface area contributed by atoms with Gasteiger partial charge < -0.3 is 14.2 Å². The Bertz CT molecular complexity index is 1550. The topological polar surface area (TPSA) is 149 Å². The number of rotatable bonds is 9. The monoisotopic (exact) mass is 561 g/mol. The molecule has 13 heteroatoms. The summed E-state index contributed by atoms with van der Waals surface area (Å²) in [6.45, 7) is 1.80. The van der Waals surface area contributed by atoms with Gasteiger partial charge in [-0.15, -0.1) is 0 Å². The number of carbonyl (C=O) groups excluding carboxylic acids is 1. The molecule has 190 valence electrons. The molecule has 1 amide bonds. The van der Waals surface area contributed by atoms with Crippen molar-refractivity contribution in [3.8, 4) is 17.6 Å². The van der Waals surface area contributed by atoms with Crippen LogP contribution in [-0.4, -0.2) is 25.9 Å². The van der Waals surface area contributed by atoms with Crippen molar-refractivity contribution in [2.24, 2.45) is 0 Å². The van der Waals surface area contributed by atoms with Gasteiger partial charge in [-0.2, -0.15) is 13.7 Å². The second-order valence-corrected chi connectivity index (χ2v) is 9.54. The fourth-order valence-corrected chi connectivity index (χ4v) is 4.24. The van der Waals surface area contributed by atoms with E-state index in [0.717, 1.165) is 18.2 Å². The lowest BCUT2D eigenvalue weighted by Crippen LogP contribution is -2.13. The Hall–Kier alpha value is -4.11. The number of anilines is 1. The largest absolute Gasteiger partial charge is 0.490 e. The third kappa shape index (κ3) is 6.98. The predicted octanol–water partition coefficient (Wildman–Crippen LogP) is 5.61. The molecule has 0 saturated heterocycles. The number of hydrogen-bond donors (Lipinski definition) is 1.